The highest BCUT2D eigenvalue weighted by Gasteiger charge is 2.17. The number of hydrogen-bond donors (Lipinski definition) is 0. The minimum atomic E-state index is -1.06. The summed E-state index contributed by atoms with van der Waals surface area (Å²) < 4.78 is 13.1. The number of allylic oxidation sites excluding steroid dienone is 1. The normalized spacial score (nSPS) is 20.8. The fourth-order valence-electron chi connectivity index (χ4n) is 2.32. The molecule has 1 unspecified atom stereocenters. The number of pyridine rings is 1. The van der Waals surface area contributed by atoms with Crippen LogP contribution in [0.1, 0.15) is 34.6 Å². The molecule has 1 atom stereocenters. The molecule has 0 amide bonds. The molecule has 1 aliphatic heterocycles. The van der Waals surface area contributed by atoms with Gasteiger partial charge in [0.25, 0.3) is 0 Å². The van der Waals surface area contributed by atoms with Gasteiger partial charge in [-0.1, -0.05) is 5.92 Å². The van der Waals surface area contributed by atoms with Gasteiger partial charge in [-0.3, -0.25) is 9.79 Å². The van der Waals surface area contributed by atoms with Crippen molar-refractivity contribution in [2.75, 3.05) is 6.54 Å². The number of halogens is 1. The summed E-state index contributed by atoms with van der Waals surface area (Å²) in [4.78, 5) is 20.0. The van der Waals surface area contributed by atoms with E-state index >= 15 is 0 Å². The number of aromatic nitrogens is 1. The highest BCUT2D eigenvalue weighted by atomic mass is 19.1. The summed E-state index contributed by atoms with van der Waals surface area (Å²) >= 11 is 0. The van der Waals surface area contributed by atoms with E-state index in [2.05, 4.69) is 21.8 Å². The largest absolute Gasteiger partial charge is 0.294 e. The van der Waals surface area contributed by atoms with E-state index in [1.54, 1.807) is 18.3 Å². The molecule has 0 saturated carbocycles. The number of hydrogen-bond acceptors (Lipinski definition) is 3. The van der Waals surface area contributed by atoms with Crippen LogP contribution in [0.4, 0.5) is 4.39 Å². The minimum Gasteiger partial charge on any atom is -0.294 e. The third-order valence-corrected chi connectivity index (χ3v) is 3.30. The van der Waals surface area contributed by atoms with Crippen molar-refractivity contribution in [2.45, 2.75) is 25.4 Å². The molecule has 1 aliphatic carbocycles. The van der Waals surface area contributed by atoms with E-state index in [0.29, 0.717) is 23.3 Å². The molecule has 4 heteroatoms. The highest BCUT2D eigenvalue weighted by molar-refractivity contribution is 5.98. The van der Waals surface area contributed by atoms with Gasteiger partial charge in [0, 0.05) is 23.8 Å². The second-order valence-corrected chi connectivity index (χ2v) is 4.85. The third kappa shape index (κ3) is 2.67. The SMILES string of the molecule is O=C1CCCc2nc(C#CC3=CC(F)CN=C3)ccc21. The number of aliphatic imine (C=N–C) groups is 1. The summed E-state index contributed by atoms with van der Waals surface area (Å²) in [7, 11) is 0. The number of aryl methyl sites for hydroxylation is 1. The lowest BCUT2D eigenvalue weighted by molar-refractivity contribution is 0.0971. The first kappa shape index (κ1) is 12.7. The summed E-state index contributed by atoms with van der Waals surface area (Å²) in [6, 6.07) is 3.53. The molecule has 0 bridgehead atoms. The van der Waals surface area contributed by atoms with Crippen molar-refractivity contribution < 1.29 is 9.18 Å². The summed E-state index contributed by atoms with van der Waals surface area (Å²) in [6.07, 6.45) is 4.23. The Bertz CT molecular complexity index is 679. The summed E-state index contributed by atoms with van der Waals surface area (Å²) in [5.74, 6) is 5.92. The molecule has 20 heavy (non-hydrogen) atoms. The lowest BCUT2D eigenvalue weighted by Gasteiger charge is -2.12. The third-order valence-electron chi connectivity index (χ3n) is 3.30. The number of alkyl halides is 1. The van der Waals surface area contributed by atoms with E-state index in [-0.39, 0.29) is 12.3 Å². The first-order valence-corrected chi connectivity index (χ1v) is 6.63. The number of Topliss-reactive ketones (excluding diaryl/α,β-unsaturated/α-hetero) is 1. The van der Waals surface area contributed by atoms with Crippen molar-refractivity contribution in [3.8, 4) is 11.8 Å². The number of carbonyl (C=O) groups excluding carboxylic acids is 1. The maximum absolute atomic E-state index is 13.1. The van der Waals surface area contributed by atoms with E-state index in [0.717, 1.165) is 18.5 Å². The summed E-state index contributed by atoms with van der Waals surface area (Å²) in [5.41, 5.74) is 2.71. The zero-order valence-electron chi connectivity index (χ0n) is 10.9. The lowest BCUT2D eigenvalue weighted by atomic mass is 9.94. The molecule has 2 aliphatic rings. The predicted octanol–water partition coefficient (Wildman–Crippen LogP) is 2.30. The fourth-order valence-corrected chi connectivity index (χ4v) is 2.32. The Hall–Kier alpha value is -2.28. The van der Waals surface area contributed by atoms with Gasteiger partial charge < -0.3 is 0 Å². The maximum atomic E-state index is 13.1. The van der Waals surface area contributed by atoms with Gasteiger partial charge in [-0.15, -0.1) is 0 Å². The Morgan fingerprint density at radius 3 is 3.00 bits per heavy atom. The van der Waals surface area contributed by atoms with Crippen LogP contribution in [0, 0.1) is 11.8 Å². The standard InChI is InChI=1S/C16H13FN2O/c17-12-8-11(9-18-10-12)4-5-13-6-7-14-15(19-13)2-1-3-16(14)20/h6-9,12H,1-3,10H2. The first-order chi connectivity index (χ1) is 9.72. The predicted molar refractivity (Wildman–Crippen MR) is 74.7 cm³/mol. The molecule has 0 spiro atoms. The zero-order valence-corrected chi connectivity index (χ0v) is 10.9. The molecular weight excluding hydrogens is 255 g/mol. The van der Waals surface area contributed by atoms with Crippen LogP contribution in [0.25, 0.3) is 0 Å². The van der Waals surface area contributed by atoms with E-state index in [1.165, 1.54) is 6.08 Å². The van der Waals surface area contributed by atoms with Crippen molar-refractivity contribution in [3.05, 3.63) is 40.7 Å². The van der Waals surface area contributed by atoms with Crippen LogP contribution in [0.15, 0.2) is 28.8 Å². The Labute approximate surface area is 116 Å². The first-order valence-electron chi connectivity index (χ1n) is 6.63. The van der Waals surface area contributed by atoms with Gasteiger partial charge in [-0.25, -0.2) is 9.37 Å². The van der Waals surface area contributed by atoms with Crippen LogP contribution < -0.4 is 0 Å². The van der Waals surface area contributed by atoms with Gasteiger partial charge in [0.15, 0.2) is 5.78 Å². The number of rotatable bonds is 0. The summed E-state index contributed by atoms with van der Waals surface area (Å²) in [6.45, 7) is 0.171. The van der Waals surface area contributed by atoms with Crippen molar-refractivity contribution in [1.82, 2.24) is 4.98 Å². The number of carbonyl (C=O) groups is 1. The average Bonchev–Trinajstić information content (AvgIpc) is 2.45. The van der Waals surface area contributed by atoms with Gasteiger partial charge in [-0.2, -0.15) is 0 Å². The Morgan fingerprint density at radius 2 is 2.15 bits per heavy atom. The Morgan fingerprint density at radius 1 is 1.25 bits per heavy atom. The topological polar surface area (TPSA) is 42.3 Å². The van der Waals surface area contributed by atoms with Crippen LogP contribution in [-0.4, -0.2) is 29.7 Å². The lowest BCUT2D eigenvalue weighted by Crippen LogP contribution is -2.12. The smallest absolute Gasteiger partial charge is 0.164 e. The molecule has 3 rings (SSSR count). The highest BCUT2D eigenvalue weighted by Crippen LogP contribution is 2.19. The zero-order chi connectivity index (χ0) is 13.9. The molecule has 100 valence electrons. The van der Waals surface area contributed by atoms with Crippen LogP contribution in [0.3, 0.4) is 0 Å². The average molecular weight is 268 g/mol. The van der Waals surface area contributed by atoms with Gasteiger partial charge in [0.2, 0.25) is 0 Å². The molecular formula is C16H13FN2O. The second kappa shape index (κ2) is 5.38. The second-order valence-electron chi connectivity index (χ2n) is 4.85. The van der Waals surface area contributed by atoms with Crippen molar-refractivity contribution in [1.29, 1.82) is 0 Å². The number of ketones is 1. The van der Waals surface area contributed by atoms with Gasteiger partial charge in [0.1, 0.15) is 11.9 Å². The minimum absolute atomic E-state index is 0.153. The molecule has 0 radical (unpaired) electrons. The van der Waals surface area contributed by atoms with Crippen molar-refractivity contribution >= 4 is 12.0 Å². The molecule has 0 saturated heterocycles. The number of nitrogens with zero attached hydrogens (tertiary/aromatic N) is 2. The maximum Gasteiger partial charge on any atom is 0.164 e. The molecule has 0 aromatic carbocycles. The van der Waals surface area contributed by atoms with Gasteiger partial charge in [-0.05, 0) is 37.0 Å². The molecule has 1 aromatic heterocycles. The van der Waals surface area contributed by atoms with Crippen molar-refractivity contribution in [2.24, 2.45) is 4.99 Å². The van der Waals surface area contributed by atoms with E-state index in [4.69, 9.17) is 0 Å². The monoisotopic (exact) mass is 268 g/mol. The van der Waals surface area contributed by atoms with Crippen molar-refractivity contribution in [3.63, 3.8) is 0 Å². The Kier molecular flexibility index (Phi) is 3.42. The van der Waals surface area contributed by atoms with E-state index < -0.39 is 6.17 Å². The van der Waals surface area contributed by atoms with E-state index in [9.17, 15) is 9.18 Å². The molecule has 0 N–H and O–H groups in total. The van der Waals surface area contributed by atoms with Crippen LogP contribution in [-0.2, 0) is 6.42 Å². The van der Waals surface area contributed by atoms with Gasteiger partial charge >= 0.3 is 0 Å². The van der Waals surface area contributed by atoms with E-state index in [1.807, 2.05) is 0 Å². The quantitative estimate of drug-likeness (QED) is 0.677. The Balaban J connectivity index is 1.86. The van der Waals surface area contributed by atoms with Gasteiger partial charge in [0.05, 0.1) is 12.2 Å². The summed E-state index contributed by atoms with van der Waals surface area (Å²) in [5, 5.41) is 0. The fraction of sp³-hybridized carbons (Fsp3) is 0.312. The molecule has 3 nitrogen and oxygen atoms in total. The number of fused-ring (bicyclic) bond motifs is 1. The number of dihydropyridines is 1. The van der Waals surface area contributed by atoms with Crippen LogP contribution >= 0.6 is 0 Å². The molecule has 0 fully saturated rings. The molecule has 2 heterocycles. The molecule has 1 aromatic rings. The van der Waals surface area contributed by atoms with Crippen LogP contribution in [0.5, 0.6) is 0 Å². The van der Waals surface area contributed by atoms with Crippen LogP contribution in [0.2, 0.25) is 0 Å².